The highest BCUT2D eigenvalue weighted by atomic mass is 16.1. The molecule has 0 amide bonds. The molecule has 6 heteroatoms. The van der Waals surface area contributed by atoms with Crippen LogP contribution in [0.15, 0.2) is 53.7 Å². The van der Waals surface area contributed by atoms with Gasteiger partial charge in [-0.2, -0.15) is 5.10 Å². The molecule has 1 aromatic carbocycles. The molecule has 2 heterocycles. The lowest BCUT2D eigenvalue weighted by molar-refractivity contribution is 0.101. The maximum Gasteiger partial charge on any atom is 0.288 e. The minimum Gasteiger partial charge on any atom is -0.349 e. The Kier molecular flexibility index (Phi) is 4.70. The second-order valence-electron chi connectivity index (χ2n) is 5.64. The average Bonchev–Trinajstić information content (AvgIpc) is 2.63. The van der Waals surface area contributed by atoms with Gasteiger partial charge in [-0.1, -0.05) is 19.1 Å². The van der Waals surface area contributed by atoms with Crippen LogP contribution in [0.2, 0.25) is 0 Å². The standard InChI is InChI=1S/C19H18N4O2/c1-3-13-6-7-14(12(2)24)9-16(13)17-11-21-23-19(25)18(17)22-15-5-4-8-20-10-15/h4-11H,3H2,1-2H3,(H,21,22)(H,23,25). The van der Waals surface area contributed by atoms with E-state index in [9.17, 15) is 9.59 Å². The van der Waals surface area contributed by atoms with Gasteiger partial charge in [-0.25, -0.2) is 5.10 Å². The molecule has 3 aromatic rings. The van der Waals surface area contributed by atoms with E-state index in [-0.39, 0.29) is 11.3 Å². The van der Waals surface area contributed by atoms with Gasteiger partial charge >= 0.3 is 0 Å². The summed E-state index contributed by atoms with van der Waals surface area (Å²) in [5, 5.41) is 9.49. The van der Waals surface area contributed by atoms with E-state index in [0.717, 1.165) is 17.5 Å². The summed E-state index contributed by atoms with van der Waals surface area (Å²) in [6, 6.07) is 9.14. The number of carbonyl (C=O) groups is 1. The molecule has 0 bridgehead atoms. The predicted octanol–water partition coefficient (Wildman–Crippen LogP) is 3.34. The van der Waals surface area contributed by atoms with E-state index in [1.54, 1.807) is 30.7 Å². The fraction of sp³-hybridized carbons (Fsp3) is 0.158. The van der Waals surface area contributed by atoms with Crippen molar-refractivity contribution >= 4 is 17.2 Å². The Hall–Kier alpha value is -3.28. The number of ketones is 1. The largest absolute Gasteiger partial charge is 0.349 e. The van der Waals surface area contributed by atoms with Gasteiger partial charge in [-0.05, 0) is 42.7 Å². The summed E-state index contributed by atoms with van der Waals surface area (Å²) in [7, 11) is 0. The first-order chi connectivity index (χ1) is 12.1. The fourth-order valence-corrected chi connectivity index (χ4v) is 2.66. The number of nitrogens with one attached hydrogen (secondary N) is 2. The second-order valence-corrected chi connectivity index (χ2v) is 5.64. The number of benzene rings is 1. The highest BCUT2D eigenvalue weighted by molar-refractivity contribution is 5.96. The van der Waals surface area contributed by atoms with Gasteiger partial charge in [-0.15, -0.1) is 0 Å². The van der Waals surface area contributed by atoms with Crippen LogP contribution in [0.5, 0.6) is 0 Å². The summed E-state index contributed by atoms with van der Waals surface area (Å²) < 4.78 is 0. The van der Waals surface area contributed by atoms with Crippen LogP contribution >= 0.6 is 0 Å². The monoisotopic (exact) mass is 334 g/mol. The third-order valence-electron chi connectivity index (χ3n) is 3.97. The first kappa shape index (κ1) is 16.6. The number of aryl methyl sites for hydroxylation is 1. The van der Waals surface area contributed by atoms with E-state index in [0.29, 0.717) is 22.5 Å². The molecule has 0 aliphatic carbocycles. The Balaban J connectivity index is 2.18. The number of rotatable bonds is 5. The lowest BCUT2D eigenvalue weighted by atomic mass is 9.95. The van der Waals surface area contributed by atoms with Gasteiger partial charge in [0, 0.05) is 17.3 Å². The number of hydrogen-bond donors (Lipinski definition) is 2. The molecule has 0 unspecified atom stereocenters. The van der Waals surface area contributed by atoms with Crippen molar-refractivity contribution in [2.75, 3.05) is 5.32 Å². The Morgan fingerprint density at radius 2 is 2.04 bits per heavy atom. The Bertz CT molecular complexity index is 965. The van der Waals surface area contributed by atoms with Crippen molar-refractivity contribution in [2.24, 2.45) is 0 Å². The van der Waals surface area contributed by atoms with Gasteiger partial charge < -0.3 is 5.32 Å². The van der Waals surface area contributed by atoms with Gasteiger partial charge in [0.25, 0.3) is 5.56 Å². The Labute approximate surface area is 145 Å². The molecule has 2 aromatic heterocycles. The van der Waals surface area contributed by atoms with Crippen LogP contribution in [0.25, 0.3) is 11.1 Å². The molecular weight excluding hydrogens is 316 g/mol. The van der Waals surface area contributed by atoms with Gasteiger partial charge in [0.1, 0.15) is 5.69 Å². The number of pyridine rings is 1. The first-order valence-corrected chi connectivity index (χ1v) is 7.99. The van der Waals surface area contributed by atoms with Crippen LogP contribution in [-0.2, 0) is 6.42 Å². The van der Waals surface area contributed by atoms with Gasteiger partial charge in [0.05, 0.1) is 18.1 Å². The van der Waals surface area contributed by atoms with E-state index in [2.05, 4.69) is 20.5 Å². The maximum atomic E-state index is 12.4. The van der Waals surface area contributed by atoms with Crippen LogP contribution in [0.1, 0.15) is 29.8 Å². The Morgan fingerprint density at radius 3 is 2.72 bits per heavy atom. The lowest BCUT2D eigenvalue weighted by Crippen LogP contribution is -2.14. The predicted molar refractivity (Wildman–Crippen MR) is 97.2 cm³/mol. The lowest BCUT2D eigenvalue weighted by Gasteiger charge is -2.14. The minimum atomic E-state index is -0.336. The SMILES string of the molecule is CCc1ccc(C(C)=O)cc1-c1cn[nH]c(=O)c1Nc1cccnc1. The van der Waals surface area contributed by atoms with E-state index < -0.39 is 0 Å². The fourth-order valence-electron chi connectivity index (χ4n) is 2.66. The van der Waals surface area contributed by atoms with Crippen LogP contribution in [0.4, 0.5) is 11.4 Å². The number of hydrogen-bond acceptors (Lipinski definition) is 5. The summed E-state index contributed by atoms with van der Waals surface area (Å²) in [6.07, 6.45) is 5.66. The molecule has 3 rings (SSSR count). The number of aromatic amines is 1. The molecule has 0 spiro atoms. The molecule has 25 heavy (non-hydrogen) atoms. The number of anilines is 2. The van der Waals surface area contributed by atoms with E-state index in [1.807, 2.05) is 25.1 Å². The second kappa shape index (κ2) is 7.09. The molecular formula is C19H18N4O2. The quantitative estimate of drug-likeness (QED) is 0.699. The molecule has 0 aliphatic rings. The summed E-state index contributed by atoms with van der Waals surface area (Å²) in [5.74, 6) is -0.0246. The summed E-state index contributed by atoms with van der Waals surface area (Å²) in [6.45, 7) is 3.55. The molecule has 0 radical (unpaired) electrons. The molecule has 6 nitrogen and oxygen atoms in total. The number of nitrogens with zero attached hydrogens (tertiary/aromatic N) is 2. The molecule has 0 saturated carbocycles. The zero-order chi connectivity index (χ0) is 17.8. The average molecular weight is 334 g/mol. The molecule has 2 N–H and O–H groups in total. The van der Waals surface area contributed by atoms with Crippen molar-refractivity contribution in [1.29, 1.82) is 0 Å². The number of Topliss-reactive ketones (excluding diaryl/α,β-unsaturated/α-hetero) is 1. The molecule has 126 valence electrons. The summed E-state index contributed by atoms with van der Waals surface area (Å²) in [4.78, 5) is 28.2. The van der Waals surface area contributed by atoms with Crippen LogP contribution < -0.4 is 10.9 Å². The third-order valence-corrected chi connectivity index (χ3v) is 3.97. The zero-order valence-corrected chi connectivity index (χ0v) is 14.0. The van der Waals surface area contributed by atoms with Gasteiger partial charge in [0.15, 0.2) is 5.78 Å². The van der Waals surface area contributed by atoms with E-state index in [4.69, 9.17) is 0 Å². The topological polar surface area (TPSA) is 87.7 Å². The molecule has 0 aliphatic heterocycles. The van der Waals surface area contributed by atoms with Crippen LogP contribution in [0.3, 0.4) is 0 Å². The minimum absolute atomic E-state index is 0.0246. The summed E-state index contributed by atoms with van der Waals surface area (Å²) >= 11 is 0. The van der Waals surface area contributed by atoms with Crippen molar-refractivity contribution in [3.63, 3.8) is 0 Å². The highest BCUT2D eigenvalue weighted by Gasteiger charge is 2.15. The van der Waals surface area contributed by atoms with E-state index >= 15 is 0 Å². The van der Waals surface area contributed by atoms with Crippen molar-refractivity contribution < 1.29 is 4.79 Å². The number of carbonyl (C=O) groups excluding carboxylic acids is 1. The van der Waals surface area contributed by atoms with Crippen LogP contribution in [-0.4, -0.2) is 21.0 Å². The maximum absolute atomic E-state index is 12.4. The van der Waals surface area contributed by atoms with E-state index in [1.165, 1.54) is 6.92 Å². The Morgan fingerprint density at radius 1 is 1.20 bits per heavy atom. The smallest absolute Gasteiger partial charge is 0.288 e. The van der Waals surface area contributed by atoms with Crippen molar-refractivity contribution in [3.05, 3.63) is 70.4 Å². The number of aromatic nitrogens is 3. The highest BCUT2D eigenvalue weighted by Crippen LogP contribution is 2.30. The summed E-state index contributed by atoms with van der Waals surface area (Å²) in [5.41, 5.74) is 3.83. The van der Waals surface area contributed by atoms with Gasteiger partial charge in [-0.3, -0.25) is 14.6 Å². The van der Waals surface area contributed by atoms with Gasteiger partial charge in [0.2, 0.25) is 0 Å². The van der Waals surface area contributed by atoms with Crippen molar-refractivity contribution in [1.82, 2.24) is 15.2 Å². The zero-order valence-electron chi connectivity index (χ0n) is 14.0. The molecule has 0 saturated heterocycles. The third kappa shape index (κ3) is 3.47. The normalized spacial score (nSPS) is 10.5. The first-order valence-electron chi connectivity index (χ1n) is 7.99. The molecule has 0 atom stereocenters. The molecule has 0 fully saturated rings. The van der Waals surface area contributed by atoms with Crippen molar-refractivity contribution in [3.8, 4) is 11.1 Å². The van der Waals surface area contributed by atoms with Crippen LogP contribution in [0, 0.1) is 0 Å². The van der Waals surface area contributed by atoms with Crippen molar-refractivity contribution in [2.45, 2.75) is 20.3 Å². The number of H-pyrrole nitrogens is 1.